The molecular formula is C15H14N2S2. The molecule has 1 aromatic carbocycles. The Morgan fingerprint density at radius 3 is 2.68 bits per heavy atom. The normalized spacial score (nSPS) is 10.7. The molecule has 0 fully saturated rings. The first-order valence-corrected chi connectivity index (χ1v) is 8.11. The predicted molar refractivity (Wildman–Crippen MR) is 81.7 cm³/mol. The van der Waals surface area contributed by atoms with Crippen molar-refractivity contribution >= 4 is 22.7 Å². The molecule has 3 aromatic rings. The molecule has 0 unspecified atom stereocenters. The molecule has 0 N–H and O–H groups in total. The van der Waals surface area contributed by atoms with Gasteiger partial charge in [-0.3, -0.25) is 0 Å². The number of hydrogen-bond acceptors (Lipinski definition) is 4. The molecule has 4 heteroatoms. The van der Waals surface area contributed by atoms with Gasteiger partial charge in [0.05, 0.1) is 11.2 Å². The van der Waals surface area contributed by atoms with Crippen molar-refractivity contribution in [3.63, 3.8) is 0 Å². The van der Waals surface area contributed by atoms with E-state index in [0.717, 1.165) is 30.0 Å². The van der Waals surface area contributed by atoms with Crippen molar-refractivity contribution in [2.45, 2.75) is 19.3 Å². The van der Waals surface area contributed by atoms with E-state index in [1.807, 2.05) is 10.9 Å². The third-order valence-corrected chi connectivity index (χ3v) is 4.44. The van der Waals surface area contributed by atoms with Crippen LogP contribution >= 0.6 is 22.7 Å². The minimum atomic E-state index is 1.00. The molecule has 0 amide bonds. The van der Waals surface area contributed by atoms with Crippen molar-refractivity contribution in [2.24, 2.45) is 0 Å². The molecule has 0 saturated carbocycles. The number of aryl methyl sites for hydroxylation is 2. The van der Waals surface area contributed by atoms with E-state index >= 15 is 0 Å². The van der Waals surface area contributed by atoms with Crippen LogP contribution < -0.4 is 0 Å². The number of nitrogens with zero attached hydrogens (tertiary/aromatic N) is 2. The van der Waals surface area contributed by atoms with Crippen molar-refractivity contribution in [2.75, 3.05) is 0 Å². The lowest BCUT2D eigenvalue weighted by molar-refractivity contribution is 0.805. The van der Waals surface area contributed by atoms with Crippen LogP contribution in [0.1, 0.15) is 17.7 Å². The molecule has 0 atom stereocenters. The summed E-state index contributed by atoms with van der Waals surface area (Å²) >= 11 is 3.30. The summed E-state index contributed by atoms with van der Waals surface area (Å²) in [5.74, 6) is 0. The highest BCUT2D eigenvalue weighted by atomic mass is 32.1. The van der Waals surface area contributed by atoms with Gasteiger partial charge >= 0.3 is 0 Å². The standard InChI is InChI=1S/C15H14N2S2/c1-2-5-12(6-3-1)7-4-8-13-9-19-15(17-13)14-10-18-11-16-14/h1-3,5-6,9-11H,4,7-8H2. The average molecular weight is 286 g/mol. The second-order valence-electron chi connectivity index (χ2n) is 4.36. The van der Waals surface area contributed by atoms with E-state index in [1.165, 1.54) is 11.3 Å². The Hall–Kier alpha value is -1.52. The Kier molecular flexibility index (Phi) is 4.01. The molecule has 96 valence electrons. The van der Waals surface area contributed by atoms with Gasteiger partial charge in [0.25, 0.3) is 0 Å². The SMILES string of the molecule is c1ccc(CCCc2csc(-c3cscn3)n2)cc1. The quantitative estimate of drug-likeness (QED) is 0.693. The zero-order chi connectivity index (χ0) is 12.9. The van der Waals surface area contributed by atoms with E-state index in [0.29, 0.717) is 0 Å². The maximum atomic E-state index is 4.65. The molecule has 2 aromatic heterocycles. The summed E-state index contributed by atoms with van der Waals surface area (Å²) in [6.45, 7) is 0. The van der Waals surface area contributed by atoms with E-state index in [9.17, 15) is 0 Å². The van der Waals surface area contributed by atoms with Gasteiger partial charge in [-0.15, -0.1) is 22.7 Å². The van der Waals surface area contributed by atoms with Gasteiger partial charge in [0.2, 0.25) is 0 Å². The van der Waals surface area contributed by atoms with Crippen molar-refractivity contribution in [1.82, 2.24) is 9.97 Å². The van der Waals surface area contributed by atoms with Gasteiger partial charge < -0.3 is 0 Å². The summed E-state index contributed by atoms with van der Waals surface area (Å²) in [4.78, 5) is 8.94. The summed E-state index contributed by atoms with van der Waals surface area (Å²) in [5, 5.41) is 5.24. The van der Waals surface area contributed by atoms with Crippen molar-refractivity contribution < 1.29 is 0 Å². The van der Waals surface area contributed by atoms with Gasteiger partial charge in [-0.05, 0) is 24.8 Å². The number of aromatic nitrogens is 2. The van der Waals surface area contributed by atoms with Gasteiger partial charge in [0, 0.05) is 10.8 Å². The summed E-state index contributed by atoms with van der Waals surface area (Å²) in [7, 11) is 0. The molecule has 0 aliphatic heterocycles. The fourth-order valence-electron chi connectivity index (χ4n) is 1.98. The van der Waals surface area contributed by atoms with Crippen LogP contribution in [0.5, 0.6) is 0 Å². The van der Waals surface area contributed by atoms with Crippen LogP contribution in [0.3, 0.4) is 0 Å². The van der Waals surface area contributed by atoms with Crippen molar-refractivity contribution in [3.05, 3.63) is 57.9 Å². The van der Waals surface area contributed by atoms with Crippen LogP contribution in [-0.2, 0) is 12.8 Å². The maximum absolute atomic E-state index is 4.65. The first kappa shape index (κ1) is 12.5. The second-order valence-corrected chi connectivity index (χ2v) is 5.93. The highest BCUT2D eigenvalue weighted by Crippen LogP contribution is 2.23. The molecule has 19 heavy (non-hydrogen) atoms. The molecule has 2 heterocycles. The molecule has 0 saturated heterocycles. The molecule has 2 nitrogen and oxygen atoms in total. The lowest BCUT2D eigenvalue weighted by Crippen LogP contribution is -1.90. The summed E-state index contributed by atoms with van der Waals surface area (Å²) < 4.78 is 0. The van der Waals surface area contributed by atoms with E-state index in [4.69, 9.17) is 0 Å². The number of benzene rings is 1. The lowest BCUT2D eigenvalue weighted by Gasteiger charge is -1.99. The smallest absolute Gasteiger partial charge is 0.142 e. The molecule has 0 bridgehead atoms. The zero-order valence-corrected chi connectivity index (χ0v) is 12.1. The van der Waals surface area contributed by atoms with Crippen LogP contribution in [0.4, 0.5) is 0 Å². The van der Waals surface area contributed by atoms with Crippen molar-refractivity contribution in [1.29, 1.82) is 0 Å². The molecule has 0 aliphatic rings. The molecule has 0 aliphatic carbocycles. The maximum Gasteiger partial charge on any atom is 0.142 e. The summed E-state index contributed by atoms with van der Waals surface area (Å²) in [6, 6.07) is 10.6. The Balaban J connectivity index is 1.56. The topological polar surface area (TPSA) is 25.8 Å². The van der Waals surface area contributed by atoms with Crippen LogP contribution in [-0.4, -0.2) is 9.97 Å². The summed E-state index contributed by atoms with van der Waals surface area (Å²) in [5.41, 5.74) is 5.44. The zero-order valence-electron chi connectivity index (χ0n) is 10.5. The van der Waals surface area contributed by atoms with Gasteiger partial charge in [0.15, 0.2) is 0 Å². The van der Waals surface area contributed by atoms with Gasteiger partial charge in [0.1, 0.15) is 10.7 Å². The fourth-order valence-corrected chi connectivity index (χ4v) is 3.41. The van der Waals surface area contributed by atoms with E-state index in [2.05, 4.69) is 45.7 Å². The Labute approximate surface area is 120 Å². The number of rotatable bonds is 5. The third kappa shape index (κ3) is 3.28. The largest absolute Gasteiger partial charge is 0.242 e. The van der Waals surface area contributed by atoms with Crippen molar-refractivity contribution in [3.8, 4) is 10.7 Å². The number of thiazole rings is 2. The van der Waals surface area contributed by atoms with Gasteiger partial charge in [-0.25, -0.2) is 9.97 Å². The Morgan fingerprint density at radius 2 is 1.89 bits per heavy atom. The van der Waals surface area contributed by atoms with Crippen LogP contribution in [0, 0.1) is 0 Å². The van der Waals surface area contributed by atoms with E-state index in [1.54, 1.807) is 22.7 Å². The van der Waals surface area contributed by atoms with Crippen LogP contribution in [0.25, 0.3) is 10.7 Å². The molecule has 3 rings (SSSR count). The highest BCUT2D eigenvalue weighted by Gasteiger charge is 2.06. The Morgan fingerprint density at radius 1 is 1.00 bits per heavy atom. The number of hydrogen-bond donors (Lipinski definition) is 0. The Bertz CT molecular complexity index is 615. The average Bonchev–Trinajstić information content (AvgIpc) is 3.10. The van der Waals surface area contributed by atoms with Gasteiger partial charge in [-0.1, -0.05) is 30.3 Å². The molecule has 0 radical (unpaired) electrons. The monoisotopic (exact) mass is 286 g/mol. The third-order valence-electron chi connectivity index (χ3n) is 2.94. The fraction of sp³-hybridized carbons (Fsp3) is 0.200. The highest BCUT2D eigenvalue weighted by molar-refractivity contribution is 7.13. The summed E-state index contributed by atoms with van der Waals surface area (Å²) in [6.07, 6.45) is 3.30. The molecular weight excluding hydrogens is 272 g/mol. The van der Waals surface area contributed by atoms with Crippen LogP contribution in [0.2, 0.25) is 0 Å². The first-order chi connectivity index (χ1) is 9.42. The second kappa shape index (κ2) is 6.08. The minimum absolute atomic E-state index is 1.00. The first-order valence-electron chi connectivity index (χ1n) is 6.29. The van der Waals surface area contributed by atoms with Crippen LogP contribution in [0.15, 0.2) is 46.6 Å². The molecule has 0 spiro atoms. The minimum Gasteiger partial charge on any atom is -0.242 e. The van der Waals surface area contributed by atoms with E-state index < -0.39 is 0 Å². The predicted octanol–water partition coefficient (Wildman–Crippen LogP) is 4.44. The van der Waals surface area contributed by atoms with E-state index in [-0.39, 0.29) is 0 Å². The van der Waals surface area contributed by atoms with Gasteiger partial charge in [-0.2, -0.15) is 0 Å². The lowest BCUT2D eigenvalue weighted by atomic mass is 10.1.